The monoisotopic (exact) mass is 336 g/mol. The van der Waals surface area contributed by atoms with Gasteiger partial charge in [-0.3, -0.25) is 29.3 Å². The highest BCUT2D eigenvalue weighted by atomic mass is 16.6. The largest absolute Gasteiger partial charge is 0.481 e. The third kappa shape index (κ3) is 3.82. The molecule has 0 fully saturated rings. The van der Waals surface area contributed by atoms with Gasteiger partial charge >= 0.3 is 17.1 Å². The van der Waals surface area contributed by atoms with Crippen LogP contribution in [0.4, 0.5) is 5.69 Å². The van der Waals surface area contributed by atoms with Crippen LogP contribution < -0.4 is 16.4 Å². The zero-order chi connectivity index (χ0) is 17.9. The second kappa shape index (κ2) is 6.73. The first-order valence-electron chi connectivity index (χ1n) is 6.70. The Morgan fingerprint density at radius 1 is 1.17 bits per heavy atom. The Balaban J connectivity index is 2.36. The van der Waals surface area contributed by atoms with Gasteiger partial charge < -0.3 is 20.4 Å². The van der Waals surface area contributed by atoms with E-state index in [1.807, 2.05) is 0 Å². The molecule has 0 unspecified atom stereocenters. The number of carbonyl (C=O) groups excluding carboxylic acids is 1. The summed E-state index contributed by atoms with van der Waals surface area (Å²) in [6.07, 6.45) is -0.610. The number of carboxylic acids is 1. The molecule has 126 valence electrons. The summed E-state index contributed by atoms with van der Waals surface area (Å²) in [7, 11) is 0. The van der Waals surface area contributed by atoms with E-state index >= 15 is 0 Å². The highest BCUT2D eigenvalue weighted by Crippen LogP contribution is 2.21. The fraction of sp³-hybridized carbons (Fsp3) is 0.231. The van der Waals surface area contributed by atoms with Crippen molar-refractivity contribution >= 4 is 28.6 Å². The van der Waals surface area contributed by atoms with E-state index in [0.29, 0.717) is 0 Å². The maximum absolute atomic E-state index is 11.6. The number of nitrogens with one attached hydrogen (secondary N) is 3. The van der Waals surface area contributed by atoms with E-state index in [4.69, 9.17) is 5.11 Å². The number of hydrogen-bond acceptors (Lipinski definition) is 6. The number of carboxylic acid groups (broad SMARTS) is 1. The Hall–Kier alpha value is -3.50. The van der Waals surface area contributed by atoms with Crippen LogP contribution in [0.15, 0.2) is 21.7 Å². The molecule has 0 atom stereocenters. The van der Waals surface area contributed by atoms with Crippen LogP contribution in [0.2, 0.25) is 0 Å². The van der Waals surface area contributed by atoms with Gasteiger partial charge in [0.25, 0.3) is 5.69 Å². The first-order chi connectivity index (χ1) is 11.3. The van der Waals surface area contributed by atoms with Crippen LogP contribution in [0.1, 0.15) is 18.4 Å². The van der Waals surface area contributed by atoms with Crippen LogP contribution in [0.25, 0.3) is 11.0 Å². The average Bonchev–Trinajstić information content (AvgIpc) is 2.51. The number of carbonyl (C=O) groups is 2. The van der Waals surface area contributed by atoms with Crippen LogP contribution >= 0.6 is 0 Å². The maximum Gasteiger partial charge on any atom is 0.314 e. The summed E-state index contributed by atoms with van der Waals surface area (Å²) < 4.78 is 0. The molecule has 1 amide bonds. The number of aliphatic carboxylic acids is 1. The zero-order valence-electron chi connectivity index (χ0n) is 12.1. The van der Waals surface area contributed by atoms with Gasteiger partial charge in [-0.15, -0.1) is 0 Å². The molecule has 1 aromatic carbocycles. The highest BCUT2D eigenvalue weighted by molar-refractivity contribution is 5.83. The normalized spacial score (nSPS) is 10.5. The Labute approximate surface area is 132 Å². The van der Waals surface area contributed by atoms with E-state index < -0.39 is 27.9 Å². The molecular formula is C13H12N4O7. The summed E-state index contributed by atoms with van der Waals surface area (Å²) in [6.45, 7) is -0.182. The van der Waals surface area contributed by atoms with Gasteiger partial charge in [-0.2, -0.15) is 0 Å². The van der Waals surface area contributed by atoms with E-state index in [9.17, 15) is 29.3 Å². The molecule has 0 aliphatic rings. The fourth-order valence-corrected chi connectivity index (χ4v) is 2.03. The van der Waals surface area contributed by atoms with Gasteiger partial charge in [-0.1, -0.05) is 0 Å². The van der Waals surface area contributed by atoms with Crippen LogP contribution in [-0.4, -0.2) is 31.9 Å². The van der Waals surface area contributed by atoms with Crippen molar-refractivity contribution in [1.29, 1.82) is 0 Å². The summed E-state index contributed by atoms with van der Waals surface area (Å²) in [5.41, 5.74) is -1.84. The van der Waals surface area contributed by atoms with Crippen molar-refractivity contribution in [1.82, 2.24) is 15.3 Å². The number of H-pyrrole nitrogens is 2. The van der Waals surface area contributed by atoms with Crippen molar-refractivity contribution < 1.29 is 19.6 Å². The predicted molar refractivity (Wildman–Crippen MR) is 80.6 cm³/mol. The van der Waals surface area contributed by atoms with Crippen molar-refractivity contribution in [2.75, 3.05) is 0 Å². The molecule has 0 bridgehead atoms. The van der Waals surface area contributed by atoms with Gasteiger partial charge in [-0.05, 0) is 0 Å². The van der Waals surface area contributed by atoms with Gasteiger partial charge in [0.2, 0.25) is 5.91 Å². The summed E-state index contributed by atoms with van der Waals surface area (Å²) in [5.74, 6) is -1.70. The first-order valence-corrected chi connectivity index (χ1v) is 6.70. The number of aromatic amines is 2. The third-order valence-corrected chi connectivity index (χ3v) is 3.15. The SMILES string of the molecule is O=C(O)CCC(=O)NCc1cc([N+](=O)[O-])cc2[nH]c(=O)c(=O)[nH]c12. The Bertz CT molecular complexity index is 943. The molecule has 0 spiro atoms. The minimum atomic E-state index is -1.13. The number of fused-ring (bicyclic) bond motifs is 1. The van der Waals surface area contributed by atoms with Gasteiger partial charge in [0.1, 0.15) is 0 Å². The van der Waals surface area contributed by atoms with Gasteiger partial charge in [-0.25, -0.2) is 0 Å². The van der Waals surface area contributed by atoms with E-state index in [0.717, 1.165) is 12.1 Å². The molecule has 1 heterocycles. The zero-order valence-corrected chi connectivity index (χ0v) is 12.1. The molecule has 0 radical (unpaired) electrons. The number of nitro benzene ring substituents is 1. The molecule has 11 nitrogen and oxygen atoms in total. The number of hydrogen-bond donors (Lipinski definition) is 4. The molecule has 2 rings (SSSR count). The Morgan fingerprint density at radius 3 is 2.46 bits per heavy atom. The lowest BCUT2D eigenvalue weighted by molar-refractivity contribution is -0.384. The van der Waals surface area contributed by atoms with Crippen molar-refractivity contribution in [2.24, 2.45) is 0 Å². The van der Waals surface area contributed by atoms with Crippen molar-refractivity contribution in [3.63, 3.8) is 0 Å². The number of amides is 1. The van der Waals surface area contributed by atoms with E-state index in [1.165, 1.54) is 0 Å². The molecule has 1 aromatic heterocycles. The second-order valence-electron chi connectivity index (χ2n) is 4.86. The lowest BCUT2D eigenvalue weighted by atomic mass is 10.1. The maximum atomic E-state index is 11.6. The standard InChI is InChI=1S/C13H12N4O7/c18-9(1-2-10(19)20)14-5-6-3-7(17(23)24)4-8-11(6)16-13(22)12(21)15-8/h3-4H,1-2,5H2,(H,14,18)(H,15,21)(H,16,22)(H,19,20). The first kappa shape index (κ1) is 16.9. The van der Waals surface area contributed by atoms with Crippen LogP contribution in [-0.2, 0) is 16.1 Å². The summed E-state index contributed by atoms with van der Waals surface area (Å²) >= 11 is 0. The molecule has 0 aliphatic heterocycles. The van der Waals surface area contributed by atoms with E-state index in [-0.39, 0.29) is 41.7 Å². The Kier molecular flexibility index (Phi) is 4.73. The van der Waals surface area contributed by atoms with Gasteiger partial charge in [0, 0.05) is 30.7 Å². The van der Waals surface area contributed by atoms with Gasteiger partial charge in [0.05, 0.1) is 22.4 Å². The summed E-state index contributed by atoms with van der Waals surface area (Å²) in [6, 6.07) is 2.23. The number of nitro groups is 1. The molecule has 24 heavy (non-hydrogen) atoms. The molecule has 2 aromatic rings. The molecule has 4 N–H and O–H groups in total. The fourth-order valence-electron chi connectivity index (χ4n) is 2.03. The van der Waals surface area contributed by atoms with Crippen LogP contribution in [0.3, 0.4) is 0 Å². The molecule has 0 saturated carbocycles. The summed E-state index contributed by atoms with van der Waals surface area (Å²) in [4.78, 5) is 59.5. The quantitative estimate of drug-likeness (QED) is 0.315. The van der Waals surface area contributed by atoms with E-state index in [1.54, 1.807) is 0 Å². The third-order valence-electron chi connectivity index (χ3n) is 3.15. The van der Waals surface area contributed by atoms with Crippen molar-refractivity contribution in [2.45, 2.75) is 19.4 Å². The number of rotatable bonds is 6. The molecule has 11 heteroatoms. The lowest BCUT2D eigenvalue weighted by Crippen LogP contribution is -2.30. The molecule has 0 saturated heterocycles. The minimum absolute atomic E-state index is 0.0450. The lowest BCUT2D eigenvalue weighted by Gasteiger charge is -2.08. The van der Waals surface area contributed by atoms with Gasteiger partial charge in [0.15, 0.2) is 0 Å². The van der Waals surface area contributed by atoms with Crippen molar-refractivity contribution in [3.05, 3.63) is 48.5 Å². The smallest absolute Gasteiger partial charge is 0.314 e. The predicted octanol–water partition coefficient (Wildman–Crippen LogP) is -0.394. The highest BCUT2D eigenvalue weighted by Gasteiger charge is 2.15. The van der Waals surface area contributed by atoms with Crippen molar-refractivity contribution in [3.8, 4) is 0 Å². The number of non-ortho nitro benzene ring substituents is 1. The van der Waals surface area contributed by atoms with Crippen LogP contribution in [0, 0.1) is 10.1 Å². The minimum Gasteiger partial charge on any atom is -0.481 e. The second-order valence-corrected chi connectivity index (χ2v) is 4.86. The summed E-state index contributed by atoms with van der Waals surface area (Å²) in [5, 5.41) is 21.9. The number of benzene rings is 1. The van der Waals surface area contributed by atoms with E-state index in [2.05, 4.69) is 15.3 Å². The number of aromatic nitrogens is 2. The number of nitrogens with zero attached hydrogens (tertiary/aromatic N) is 1. The Morgan fingerprint density at radius 2 is 1.83 bits per heavy atom. The average molecular weight is 336 g/mol. The topological polar surface area (TPSA) is 175 Å². The molecular weight excluding hydrogens is 324 g/mol. The van der Waals surface area contributed by atoms with Crippen LogP contribution in [0.5, 0.6) is 0 Å². The molecule has 0 aliphatic carbocycles.